The summed E-state index contributed by atoms with van der Waals surface area (Å²) in [4.78, 5) is 27.1. The molecule has 0 fully saturated rings. The molecule has 0 aliphatic carbocycles. The number of carboxylic acid groups (broad SMARTS) is 1. The second-order valence-corrected chi connectivity index (χ2v) is 4.24. The van der Waals surface area contributed by atoms with Gasteiger partial charge in [-0.2, -0.15) is 5.10 Å². The lowest BCUT2D eigenvalue weighted by molar-refractivity contribution is -0.142. The van der Waals surface area contributed by atoms with Gasteiger partial charge in [-0.15, -0.1) is 0 Å². The lowest BCUT2D eigenvalue weighted by atomic mass is 10.1. The highest BCUT2D eigenvalue weighted by molar-refractivity contribution is 5.86. The number of nitrogens with one attached hydrogen (secondary N) is 1. The summed E-state index contributed by atoms with van der Waals surface area (Å²) in [6.45, 7) is 1.62. The lowest BCUT2D eigenvalue weighted by Gasteiger charge is -2.18. The molecule has 0 aliphatic heterocycles. The maximum absolute atomic E-state index is 12.1. The predicted octanol–water partition coefficient (Wildman–Crippen LogP) is 0.781. The topological polar surface area (TPSA) is 97.1 Å². The standard InChI is InChI=1S/C13H14N4O3/c1-9(17-8-14-7-15-17)12(18)16-11(13(19)20)10-5-3-2-4-6-10/h2-9,11H,1H3,(H,16,18)(H,19,20). The predicted molar refractivity (Wildman–Crippen MR) is 69.7 cm³/mol. The van der Waals surface area contributed by atoms with Crippen molar-refractivity contribution in [3.63, 3.8) is 0 Å². The van der Waals surface area contributed by atoms with E-state index >= 15 is 0 Å². The second kappa shape index (κ2) is 5.96. The average Bonchev–Trinajstić information content (AvgIpc) is 2.98. The van der Waals surface area contributed by atoms with E-state index in [2.05, 4.69) is 15.4 Å². The van der Waals surface area contributed by atoms with Crippen LogP contribution in [0.3, 0.4) is 0 Å². The Morgan fingerprint density at radius 2 is 2.00 bits per heavy atom. The summed E-state index contributed by atoms with van der Waals surface area (Å²) in [6.07, 6.45) is 2.72. The molecule has 2 N–H and O–H groups in total. The van der Waals surface area contributed by atoms with Gasteiger partial charge < -0.3 is 10.4 Å². The molecule has 0 aliphatic rings. The van der Waals surface area contributed by atoms with Gasteiger partial charge in [0.2, 0.25) is 5.91 Å². The largest absolute Gasteiger partial charge is 0.479 e. The molecule has 1 amide bonds. The highest BCUT2D eigenvalue weighted by Gasteiger charge is 2.25. The van der Waals surface area contributed by atoms with Crippen LogP contribution in [0.1, 0.15) is 24.6 Å². The van der Waals surface area contributed by atoms with Crippen LogP contribution in [-0.4, -0.2) is 31.7 Å². The van der Waals surface area contributed by atoms with E-state index in [0.717, 1.165) is 0 Å². The number of carbonyl (C=O) groups excluding carboxylic acids is 1. The second-order valence-electron chi connectivity index (χ2n) is 4.24. The number of carboxylic acids is 1. The van der Waals surface area contributed by atoms with Crippen LogP contribution in [0.2, 0.25) is 0 Å². The number of aromatic nitrogens is 3. The number of hydrogen-bond acceptors (Lipinski definition) is 4. The van der Waals surface area contributed by atoms with E-state index in [9.17, 15) is 14.7 Å². The SMILES string of the molecule is CC(C(=O)NC(C(=O)O)c1ccccc1)n1cncn1. The van der Waals surface area contributed by atoms with Crippen molar-refractivity contribution in [2.24, 2.45) is 0 Å². The number of benzene rings is 1. The molecule has 20 heavy (non-hydrogen) atoms. The fourth-order valence-electron chi connectivity index (χ4n) is 1.73. The van der Waals surface area contributed by atoms with Crippen molar-refractivity contribution < 1.29 is 14.7 Å². The van der Waals surface area contributed by atoms with E-state index < -0.39 is 24.0 Å². The van der Waals surface area contributed by atoms with Crippen LogP contribution < -0.4 is 5.32 Å². The quantitative estimate of drug-likeness (QED) is 0.839. The average molecular weight is 274 g/mol. The number of nitrogens with zero attached hydrogens (tertiary/aromatic N) is 3. The van der Waals surface area contributed by atoms with Gasteiger partial charge in [-0.1, -0.05) is 30.3 Å². The fraction of sp³-hybridized carbons (Fsp3) is 0.231. The van der Waals surface area contributed by atoms with Gasteiger partial charge in [-0.3, -0.25) is 4.79 Å². The first-order chi connectivity index (χ1) is 9.59. The van der Waals surface area contributed by atoms with Crippen LogP contribution in [0, 0.1) is 0 Å². The number of hydrogen-bond donors (Lipinski definition) is 2. The van der Waals surface area contributed by atoms with Gasteiger partial charge in [0.1, 0.15) is 18.7 Å². The Kier molecular flexibility index (Phi) is 4.09. The van der Waals surface area contributed by atoms with Crippen LogP contribution >= 0.6 is 0 Å². The van der Waals surface area contributed by atoms with Crippen molar-refractivity contribution in [2.75, 3.05) is 0 Å². The maximum Gasteiger partial charge on any atom is 0.330 e. The summed E-state index contributed by atoms with van der Waals surface area (Å²) in [5.41, 5.74) is 0.513. The lowest BCUT2D eigenvalue weighted by Crippen LogP contribution is -2.37. The molecule has 7 nitrogen and oxygen atoms in total. The van der Waals surface area contributed by atoms with Crippen molar-refractivity contribution in [2.45, 2.75) is 19.0 Å². The summed E-state index contributed by atoms with van der Waals surface area (Å²) >= 11 is 0. The smallest absolute Gasteiger partial charge is 0.330 e. The molecule has 104 valence electrons. The molecule has 1 aromatic heterocycles. The van der Waals surface area contributed by atoms with Gasteiger partial charge in [0.05, 0.1) is 0 Å². The summed E-state index contributed by atoms with van der Waals surface area (Å²) in [5.74, 6) is -1.55. The monoisotopic (exact) mass is 274 g/mol. The van der Waals surface area contributed by atoms with Gasteiger partial charge in [-0.05, 0) is 12.5 Å². The first kappa shape index (κ1) is 13.7. The Morgan fingerprint density at radius 1 is 1.30 bits per heavy atom. The first-order valence-corrected chi connectivity index (χ1v) is 6.02. The zero-order chi connectivity index (χ0) is 14.5. The van der Waals surface area contributed by atoms with Crippen molar-refractivity contribution in [1.82, 2.24) is 20.1 Å². The van der Waals surface area contributed by atoms with Crippen LogP contribution in [0.5, 0.6) is 0 Å². The third kappa shape index (κ3) is 3.00. The van der Waals surface area contributed by atoms with Crippen molar-refractivity contribution in [3.05, 3.63) is 48.5 Å². The first-order valence-electron chi connectivity index (χ1n) is 6.02. The number of aliphatic carboxylic acids is 1. The molecule has 0 spiro atoms. The molecule has 2 rings (SSSR count). The van der Waals surface area contributed by atoms with E-state index in [1.807, 2.05) is 0 Å². The summed E-state index contributed by atoms with van der Waals surface area (Å²) < 4.78 is 1.36. The third-order valence-electron chi connectivity index (χ3n) is 2.88. The Bertz CT molecular complexity index is 583. The molecule has 7 heteroatoms. The number of amides is 1. The Morgan fingerprint density at radius 3 is 2.55 bits per heavy atom. The molecule has 1 aromatic carbocycles. The van der Waals surface area contributed by atoms with E-state index in [4.69, 9.17) is 0 Å². The molecule has 0 saturated carbocycles. The van der Waals surface area contributed by atoms with E-state index in [1.165, 1.54) is 17.3 Å². The van der Waals surface area contributed by atoms with Gasteiger partial charge >= 0.3 is 5.97 Å². The summed E-state index contributed by atoms with van der Waals surface area (Å²) in [5, 5.41) is 15.6. The van der Waals surface area contributed by atoms with Crippen molar-refractivity contribution in [3.8, 4) is 0 Å². The van der Waals surface area contributed by atoms with Crippen LogP contribution in [0.25, 0.3) is 0 Å². The highest BCUT2D eigenvalue weighted by Crippen LogP contribution is 2.14. The minimum atomic E-state index is -1.12. The minimum Gasteiger partial charge on any atom is -0.479 e. The Hall–Kier alpha value is -2.70. The summed E-state index contributed by atoms with van der Waals surface area (Å²) in [6, 6.07) is 6.80. The number of rotatable bonds is 5. The molecular formula is C13H14N4O3. The molecule has 2 unspecified atom stereocenters. The zero-order valence-electron chi connectivity index (χ0n) is 10.8. The Balaban J connectivity index is 2.13. The van der Waals surface area contributed by atoms with Crippen molar-refractivity contribution in [1.29, 1.82) is 0 Å². The molecule has 0 radical (unpaired) electrons. The highest BCUT2D eigenvalue weighted by atomic mass is 16.4. The summed E-state index contributed by atoms with van der Waals surface area (Å²) in [7, 11) is 0. The van der Waals surface area contributed by atoms with Crippen LogP contribution in [0.4, 0.5) is 0 Å². The van der Waals surface area contributed by atoms with Crippen molar-refractivity contribution >= 4 is 11.9 Å². The molecular weight excluding hydrogens is 260 g/mol. The molecule has 2 atom stereocenters. The van der Waals surface area contributed by atoms with Gasteiger partial charge in [0.15, 0.2) is 6.04 Å². The van der Waals surface area contributed by atoms with Crippen LogP contribution in [-0.2, 0) is 9.59 Å². The fourth-order valence-corrected chi connectivity index (χ4v) is 1.73. The molecule has 0 bridgehead atoms. The van der Waals surface area contributed by atoms with Gasteiger partial charge in [-0.25, -0.2) is 14.5 Å². The van der Waals surface area contributed by atoms with E-state index in [-0.39, 0.29) is 0 Å². The normalized spacial score (nSPS) is 13.4. The van der Waals surface area contributed by atoms with E-state index in [1.54, 1.807) is 37.3 Å². The Labute approximate surface area is 115 Å². The van der Waals surface area contributed by atoms with Gasteiger partial charge in [0, 0.05) is 0 Å². The minimum absolute atomic E-state index is 0.438. The third-order valence-corrected chi connectivity index (χ3v) is 2.88. The molecule has 1 heterocycles. The number of carbonyl (C=O) groups is 2. The molecule has 2 aromatic rings. The molecule has 0 saturated heterocycles. The van der Waals surface area contributed by atoms with Gasteiger partial charge in [0.25, 0.3) is 0 Å². The zero-order valence-corrected chi connectivity index (χ0v) is 10.8. The maximum atomic E-state index is 12.1. The van der Waals surface area contributed by atoms with Crippen LogP contribution in [0.15, 0.2) is 43.0 Å². The van der Waals surface area contributed by atoms with E-state index in [0.29, 0.717) is 5.56 Å².